The molecule has 97 heavy (non-hydrogen) atoms. The number of nitrogens with zero attached hydrogens (tertiary/aromatic N) is 8. The first-order chi connectivity index (χ1) is 45.1. The number of methoxy groups -OCH3 is 2. The number of sulfonamides is 2. The first-order valence-electron chi connectivity index (χ1n) is 26.3. The number of aryl methyl sites for hydroxylation is 2. The average molecular weight is 1520 g/mol. The fraction of sp³-hybridized carbons (Fsp3) is 0.360. The lowest BCUT2D eigenvalue weighted by Crippen LogP contribution is -2.35. The fourth-order valence-corrected chi connectivity index (χ4v) is 11.5. The Morgan fingerprint density at radius 3 is 1.87 bits per heavy atom. The number of alkyl halides is 7. The predicted octanol–water partition coefficient (Wildman–Crippen LogP) is 5.53. The lowest BCUT2D eigenvalue weighted by Gasteiger charge is -2.15. The summed E-state index contributed by atoms with van der Waals surface area (Å²) in [6.45, 7) is -4.47. The number of halogens is 9. The van der Waals surface area contributed by atoms with Crippen molar-refractivity contribution < 1.29 is 119 Å². The Morgan fingerprint density at radius 1 is 0.825 bits per heavy atom. The molecule has 7 rings (SSSR count). The zero-order valence-electron chi connectivity index (χ0n) is 50.7. The lowest BCUT2D eigenvalue weighted by atomic mass is 10.1. The minimum atomic E-state index is -4.71. The van der Waals surface area contributed by atoms with Gasteiger partial charge in [0.2, 0.25) is 28.5 Å². The number of rotatable bonds is 22. The zero-order chi connectivity index (χ0) is 73.2. The van der Waals surface area contributed by atoms with Gasteiger partial charge in [0.25, 0.3) is 20.0 Å². The van der Waals surface area contributed by atoms with Crippen LogP contribution in [0.3, 0.4) is 0 Å². The first kappa shape index (κ1) is 82.9. The molecule has 0 fully saturated rings. The number of aliphatic carboxylic acids is 1. The van der Waals surface area contributed by atoms with Crippen molar-refractivity contribution in [2.75, 3.05) is 62.2 Å². The molecule has 534 valence electrons. The normalized spacial score (nSPS) is 12.6. The van der Waals surface area contributed by atoms with Crippen molar-refractivity contribution in [1.82, 2.24) is 49.0 Å². The van der Waals surface area contributed by atoms with Crippen molar-refractivity contribution in [3.63, 3.8) is 0 Å². The van der Waals surface area contributed by atoms with Crippen LogP contribution in [0.2, 0.25) is 5.02 Å². The molecule has 32 nitrogen and oxygen atoms in total. The van der Waals surface area contributed by atoms with Crippen LogP contribution in [-0.2, 0) is 69.3 Å². The molecule has 8 N–H and O–H groups in total. The molecule has 3 aromatic carbocycles. The van der Waals surface area contributed by atoms with Crippen LogP contribution in [0, 0.1) is 12.7 Å². The molecule has 0 radical (unpaired) electrons. The maximum atomic E-state index is 14.3. The summed E-state index contributed by atoms with van der Waals surface area (Å²) in [6, 6.07) is 9.68. The number of benzene rings is 3. The number of aromatic carboxylic acids is 1. The van der Waals surface area contributed by atoms with Gasteiger partial charge >= 0.3 is 60.3 Å². The number of esters is 1. The molecule has 6 aromatic rings. The fourth-order valence-electron chi connectivity index (χ4n) is 6.84. The van der Waals surface area contributed by atoms with E-state index in [2.05, 4.69) is 68.2 Å². The minimum Gasteiger partial charge on any atom is -0.778 e. The van der Waals surface area contributed by atoms with E-state index in [4.69, 9.17) is 31.4 Å². The molecule has 1 atom stereocenters. The summed E-state index contributed by atoms with van der Waals surface area (Å²) in [4.78, 5) is 108. The number of fused-ring (bicyclic) bond motifs is 1. The van der Waals surface area contributed by atoms with Gasteiger partial charge in [-0.3, -0.25) is 35.0 Å². The maximum Gasteiger partial charge on any atom is 0.389 e. The number of carbonyl (C=O) groups excluding carboxylic acids is 3. The quantitative estimate of drug-likeness (QED) is 0.0136. The summed E-state index contributed by atoms with van der Waals surface area (Å²) < 4.78 is 184. The number of amides is 4. The number of urea groups is 2. The highest BCUT2D eigenvalue weighted by atomic mass is 35.5. The third-order valence-corrected chi connectivity index (χ3v) is 16.3. The van der Waals surface area contributed by atoms with E-state index in [1.807, 2.05) is 5.32 Å². The van der Waals surface area contributed by atoms with Gasteiger partial charge in [-0.2, -0.15) is 55.7 Å². The summed E-state index contributed by atoms with van der Waals surface area (Å²) in [5, 5.41) is 23.0. The Labute approximate surface area is 560 Å². The molecular weight excluding hydrogens is 1470 g/mol. The molecule has 1 aliphatic heterocycles. The van der Waals surface area contributed by atoms with Crippen molar-refractivity contribution in [2.45, 2.75) is 79.8 Å². The molecule has 0 aliphatic carbocycles. The Morgan fingerprint density at radius 2 is 1.35 bits per heavy atom. The third kappa shape index (κ3) is 30.8. The van der Waals surface area contributed by atoms with Crippen LogP contribution < -0.4 is 54.2 Å². The number of hydrogen-bond acceptors (Lipinski definition) is 25. The minimum absolute atomic E-state index is 0.0605. The number of aromatic nitrogens is 7. The standard InChI is InChI=1S/C15H15ClFN3O3S2.C15H16F3N5O4S.C14H10F4N4O7S.C3H8NO5P.C3H9S/c1-23-13(21)8-24-12-7-11(10(17)6-9(12)16)18-14-19-4-2-3-5-20(19)15(22)25-14;1-9-19-12(22-14(20-9)27-2)21-13(24)23-28(25,26)11-6-4-3-5-10(11)7-8-15(16,17)18;15-11(16)28-8-5-9(29-12(17)18)20-13(19-8)21-14(25)22-30(26,27)7-4-2-1-3-6(7)10(23)24;5-3(6)1-4-2-10(7,8)9;1-4(2)3/h6-7H,2-5,8H2,1H3;3-6H,7-8H2,1-2H3,(H2,19,20,21,22,23,24);1-5,11-12H,(H,23,24)(H2,19,20,21,22,25);4H,1-2H2,(H,5,6)(H2,7,8,9);1-3H3/q;;;;+1/p-1/b18-14-;;;;. The molecule has 1 unspecified atom stereocenters. The molecule has 47 heteroatoms. The van der Waals surface area contributed by atoms with E-state index in [0.29, 0.717) is 39.7 Å². The second-order valence-electron chi connectivity index (χ2n) is 18.6. The van der Waals surface area contributed by atoms with Gasteiger partial charge in [0.15, 0.2) is 0 Å². The number of hydrogen-bond donors (Lipinski definition) is 8. The van der Waals surface area contributed by atoms with Crippen molar-refractivity contribution in [1.29, 1.82) is 0 Å². The van der Waals surface area contributed by atoms with Crippen LogP contribution in [0.5, 0.6) is 17.8 Å². The number of thioether (sulfide) groups is 1. The summed E-state index contributed by atoms with van der Waals surface area (Å²) in [5.74, 6) is -6.60. The predicted molar refractivity (Wildman–Crippen MR) is 330 cm³/mol. The number of carboxylic acids is 2. The molecule has 0 saturated carbocycles. The molecular formula is C50H57ClF8N13O19PS5. The smallest absolute Gasteiger partial charge is 0.389 e. The number of carbonyl (C=O) groups is 5. The number of nitrogens with one attached hydrogen (secondary N) is 5. The molecule has 3 aromatic heterocycles. The Kier molecular flexibility index (Phi) is 33.0. The van der Waals surface area contributed by atoms with Gasteiger partial charge in [-0.1, -0.05) is 41.9 Å². The summed E-state index contributed by atoms with van der Waals surface area (Å²) in [6.07, 6.45) is 1.57. The molecule has 4 amide bonds. The SMILES string of the molecule is COC(=O)CSc1cc(/N=c2\sc(=O)n3n2CCCC3)c(F)cc1Cl.COc1nc(C)nc(NC(=O)NS(=O)(=O)c2ccccc2CCC(F)(F)F)n1.C[S+](C)C.O=C(Nc1nc(OC(F)F)cc(OC(F)F)n1)NS(=O)(=O)c1ccccc1C(=O)O.O=C(O)CNCP(=O)([O-])O. The topological polar surface area (TPSA) is 455 Å². The van der Waals surface area contributed by atoms with Gasteiger partial charge in [0.1, 0.15) is 29.8 Å². The first-order valence-corrected chi connectivity index (χ1v) is 35.7. The number of carboxylic acid groups (broad SMARTS) is 2. The van der Waals surface area contributed by atoms with Gasteiger partial charge in [0.05, 0.1) is 73.1 Å². The highest BCUT2D eigenvalue weighted by Gasteiger charge is 2.30. The zero-order valence-corrected chi connectivity index (χ0v) is 56.4. The van der Waals surface area contributed by atoms with Crippen molar-refractivity contribution in [3.05, 3.63) is 109 Å². The van der Waals surface area contributed by atoms with E-state index in [-0.39, 0.29) is 44.7 Å². The molecule has 1 aliphatic rings. The number of anilines is 2. The summed E-state index contributed by atoms with van der Waals surface area (Å²) >= 11 is 8.17. The largest absolute Gasteiger partial charge is 0.778 e. The second-order valence-corrected chi connectivity index (χ2v) is 28.3. The summed E-state index contributed by atoms with van der Waals surface area (Å²) in [7, 11) is -10.3. The van der Waals surface area contributed by atoms with Crippen molar-refractivity contribution in [2.24, 2.45) is 4.99 Å². The van der Waals surface area contributed by atoms with Gasteiger partial charge in [-0.25, -0.2) is 54.7 Å². The van der Waals surface area contributed by atoms with E-state index < -0.39 is 142 Å². The van der Waals surface area contributed by atoms with Crippen LogP contribution in [0.15, 0.2) is 91.2 Å². The highest BCUT2D eigenvalue weighted by Crippen LogP contribution is 2.34. The average Bonchev–Trinajstić information content (AvgIpc) is 1.80. The Hall–Kier alpha value is -8.30. The lowest BCUT2D eigenvalue weighted by molar-refractivity contribution is -0.193. The molecule has 0 spiro atoms. The van der Waals surface area contributed by atoms with Crippen LogP contribution in [0.1, 0.15) is 41.0 Å². The summed E-state index contributed by atoms with van der Waals surface area (Å²) in [5.41, 5.74) is -0.633. The van der Waals surface area contributed by atoms with Crippen LogP contribution >= 0.6 is 42.3 Å². The Bertz CT molecular complexity index is 4110. The van der Waals surface area contributed by atoms with Gasteiger partial charge in [-0.05, 0) is 84.3 Å². The highest BCUT2D eigenvalue weighted by molar-refractivity contribution is 8.00. The van der Waals surface area contributed by atoms with E-state index in [1.54, 1.807) is 19.4 Å². The van der Waals surface area contributed by atoms with Crippen LogP contribution in [0.4, 0.5) is 62.3 Å². The molecule has 0 saturated heterocycles. The monoisotopic (exact) mass is 1520 g/mol. The Balaban J connectivity index is 0.000000345. The van der Waals surface area contributed by atoms with E-state index in [0.717, 1.165) is 60.2 Å². The maximum absolute atomic E-state index is 14.3. The second kappa shape index (κ2) is 38.6. The van der Waals surface area contributed by atoms with Crippen LogP contribution in [0.25, 0.3) is 0 Å². The van der Waals surface area contributed by atoms with E-state index >= 15 is 0 Å². The number of ether oxygens (including phenoxy) is 4. The molecule has 4 heterocycles. The molecule has 0 bridgehead atoms. The third-order valence-electron chi connectivity index (χ3n) is 10.5. The van der Waals surface area contributed by atoms with Gasteiger partial charge in [0, 0.05) is 24.4 Å². The van der Waals surface area contributed by atoms with Crippen LogP contribution in [-0.4, -0.2) is 167 Å². The van der Waals surface area contributed by atoms with E-state index in [9.17, 15) is 90.2 Å². The van der Waals surface area contributed by atoms with Crippen molar-refractivity contribution >= 4 is 121 Å². The van der Waals surface area contributed by atoms with Gasteiger partial charge in [-0.15, -0.1) is 11.8 Å². The van der Waals surface area contributed by atoms with Crippen molar-refractivity contribution in [3.8, 4) is 17.8 Å². The van der Waals surface area contributed by atoms with Gasteiger partial charge < -0.3 is 43.5 Å². The van der Waals surface area contributed by atoms with E-state index in [1.165, 1.54) is 62.3 Å².